The third-order valence-corrected chi connectivity index (χ3v) is 6.63. The number of nitrogens with zero attached hydrogens (tertiary/aromatic N) is 2. The molecule has 2 aliphatic heterocycles. The molecule has 154 valence electrons. The maximum atomic E-state index is 6.15. The van der Waals surface area contributed by atoms with Crippen LogP contribution in [0.1, 0.15) is 32.1 Å². The molecule has 0 bridgehead atoms. The highest BCUT2D eigenvalue weighted by molar-refractivity contribution is 5.59. The molecule has 1 aromatic carbocycles. The van der Waals surface area contributed by atoms with Crippen molar-refractivity contribution in [3.63, 3.8) is 0 Å². The summed E-state index contributed by atoms with van der Waals surface area (Å²) in [6, 6.07) is 12.6. The maximum absolute atomic E-state index is 6.15. The Labute approximate surface area is 172 Å². The fourth-order valence-corrected chi connectivity index (χ4v) is 5.01. The monoisotopic (exact) mass is 395 g/mol. The molecule has 3 N–H and O–H groups in total. The van der Waals surface area contributed by atoms with E-state index in [2.05, 4.69) is 27.8 Å². The Balaban J connectivity index is 1.19. The molecule has 3 fully saturated rings. The van der Waals surface area contributed by atoms with E-state index in [1.54, 1.807) is 6.20 Å². The summed E-state index contributed by atoms with van der Waals surface area (Å²) in [7, 11) is 0. The van der Waals surface area contributed by atoms with Gasteiger partial charge in [-0.3, -0.25) is 0 Å². The van der Waals surface area contributed by atoms with E-state index in [1.807, 2.05) is 24.3 Å². The largest absolute Gasteiger partial charge is 0.367 e. The van der Waals surface area contributed by atoms with Crippen molar-refractivity contribution in [3.8, 4) is 11.3 Å². The van der Waals surface area contributed by atoms with E-state index in [0.29, 0.717) is 18.6 Å². The van der Waals surface area contributed by atoms with Crippen LogP contribution in [0.15, 0.2) is 42.6 Å². The van der Waals surface area contributed by atoms with E-state index < -0.39 is 0 Å². The molecule has 6 nitrogen and oxygen atoms in total. The van der Waals surface area contributed by atoms with Gasteiger partial charge in [0.15, 0.2) is 0 Å². The molecule has 3 aliphatic rings. The number of ether oxygens (including phenoxy) is 2. The fraction of sp³-hybridized carbons (Fsp3) is 0.565. The van der Waals surface area contributed by atoms with Crippen molar-refractivity contribution in [2.24, 2.45) is 5.92 Å². The quantitative estimate of drug-likeness (QED) is 0.785. The van der Waals surface area contributed by atoms with E-state index in [-0.39, 0.29) is 18.2 Å². The van der Waals surface area contributed by atoms with Crippen molar-refractivity contribution < 1.29 is 14.8 Å². The Morgan fingerprint density at radius 1 is 0.966 bits per heavy atom. The minimum atomic E-state index is 0.0755. The van der Waals surface area contributed by atoms with Gasteiger partial charge in [-0.25, -0.2) is 9.97 Å². The molecule has 0 unspecified atom stereocenters. The molecule has 0 radical (unpaired) electrons. The Hall–Kier alpha value is -2.02. The van der Waals surface area contributed by atoms with Crippen LogP contribution in [0.4, 0.5) is 5.95 Å². The van der Waals surface area contributed by atoms with Gasteiger partial charge in [0.2, 0.25) is 5.95 Å². The first kappa shape index (κ1) is 19.0. The van der Waals surface area contributed by atoms with Gasteiger partial charge in [-0.2, -0.15) is 0 Å². The van der Waals surface area contributed by atoms with E-state index in [1.165, 1.54) is 38.6 Å². The summed E-state index contributed by atoms with van der Waals surface area (Å²) in [5.74, 6) is 1.51. The lowest BCUT2D eigenvalue weighted by Crippen LogP contribution is -2.93. The van der Waals surface area contributed by atoms with Gasteiger partial charge >= 0.3 is 0 Å². The van der Waals surface area contributed by atoms with Crippen LogP contribution < -0.4 is 10.6 Å². The number of anilines is 1. The smallest absolute Gasteiger partial charge is 0.223 e. The molecule has 1 saturated carbocycles. The molecular formula is C23H31N4O2+. The third kappa shape index (κ3) is 4.29. The number of hydrogen-bond donors (Lipinski definition) is 2. The number of rotatable bonds is 6. The fourth-order valence-electron chi connectivity index (χ4n) is 5.01. The van der Waals surface area contributed by atoms with Crippen molar-refractivity contribution in [2.45, 2.75) is 56.4 Å². The highest BCUT2D eigenvalue weighted by atomic mass is 16.6. The van der Waals surface area contributed by atoms with Crippen LogP contribution in [0.2, 0.25) is 0 Å². The predicted molar refractivity (Wildman–Crippen MR) is 112 cm³/mol. The Bertz CT molecular complexity index is 796. The molecule has 29 heavy (non-hydrogen) atoms. The second-order valence-electron chi connectivity index (χ2n) is 8.62. The minimum absolute atomic E-state index is 0.0755. The van der Waals surface area contributed by atoms with Gasteiger partial charge in [0, 0.05) is 17.7 Å². The molecule has 1 aliphatic carbocycles. The van der Waals surface area contributed by atoms with Gasteiger partial charge in [0.05, 0.1) is 24.9 Å². The molecule has 4 atom stereocenters. The van der Waals surface area contributed by atoms with Crippen LogP contribution in [0, 0.1) is 5.92 Å². The summed E-state index contributed by atoms with van der Waals surface area (Å²) in [5, 5.41) is 5.94. The average Bonchev–Trinajstić information content (AvgIpc) is 3.37. The number of fused-ring (bicyclic) bond motifs is 1. The highest BCUT2D eigenvalue weighted by Crippen LogP contribution is 2.28. The van der Waals surface area contributed by atoms with Crippen LogP contribution in [-0.2, 0) is 9.47 Å². The molecular weight excluding hydrogens is 364 g/mol. The second-order valence-corrected chi connectivity index (χ2v) is 8.62. The molecule has 0 spiro atoms. The van der Waals surface area contributed by atoms with Gasteiger partial charge in [0.25, 0.3) is 0 Å². The standard InChI is InChI=1S/C23H30N4O2/c1-3-7-16(8-4-1)13-25-19-14-28-22-20(15-29-21(19)22)27-23-24-12-11-18(26-23)17-9-5-2-6-10-17/h2,5-6,9-12,16,19-22,25H,1,3-4,7-8,13-15H2,(H,24,26,27)/p+1/t19-,20-,21+,22+/m0/s1. The van der Waals surface area contributed by atoms with Crippen molar-refractivity contribution in [1.29, 1.82) is 0 Å². The Morgan fingerprint density at radius 3 is 2.66 bits per heavy atom. The minimum Gasteiger partial charge on any atom is -0.367 e. The second kappa shape index (κ2) is 8.78. The first-order valence-electron chi connectivity index (χ1n) is 11.1. The lowest BCUT2D eigenvalue weighted by atomic mass is 9.89. The average molecular weight is 396 g/mol. The SMILES string of the molecule is c1ccc(-c2ccnc(N[C@H]3CO[C@H]4[C@@H]3OC[C@@H]4[NH2+]CC3CCCCC3)n2)cc1. The maximum Gasteiger partial charge on any atom is 0.223 e. The lowest BCUT2D eigenvalue weighted by Gasteiger charge is -2.22. The van der Waals surface area contributed by atoms with Gasteiger partial charge in [-0.05, 0) is 18.9 Å². The molecule has 1 aromatic heterocycles. The summed E-state index contributed by atoms with van der Waals surface area (Å²) < 4.78 is 12.3. The number of nitrogens with two attached hydrogens (primary N) is 1. The van der Waals surface area contributed by atoms with E-state index in [9.17, 15) is 0 Å². The third-order valence-electron chi connectivity index (χ3n) is 6.63. The van der Waals surface area contributed by atoms with Crippen molar-refractivity contribution in [1.82, 2.24) is 9.97 Å². The van der Waals surface area contributed by atoms with Crippen molar-refractivity contribution >= 4 is 5.95 Å². The van der Waals surface area contributed by atoms with Gasteiger partial charge in [0.1, 0.15) is 24.9 Å². The summed E-state index contributed by atoms with van der Waals surface area (Å²) in [6.45, 7) is 2.62. The zero-order valence-electron chi connectivity index (χ0n) is 16.9. The van der Waals surface area contributed by atoms with Crippen LogP contribution in [-0.4, -0.2) is 54.0 Å². The zero-order chi connectivity index (χ0) is 19.5. The normalized spacial score (nSPS) is 29.7. The summed E-state index contributed by atoms with van der Waals surface area (Å²) in [4.78, 5) is 9.11. The topological polar surface area (TPSA) is 72.9 Å². The number of nitrogens with one attached hydrogen (secondary N) is 1. The molecule has 0 amide bonds. The van der Waals surface area contributed by atoms with Gasteiger partial charge < -0.3 is 20.1 Å². The van der Waals surface area contributed by atoms with Crippen LogP contribution in [0.25, 0.3) is 11.3 Å². The Kier molecular flexibility index (Phi) is 5.74. The van der Waals surface area contributed by atoms with E-state index in [0.717, 1.165) is 23.8 Å². The highest BCUT2D eigenvalue weighted by Gasteiger charge is 2.50. The van der Waals surface area contributed by atoms with E-state index in [4.69, 9.17) is 14.5 Å². The number of benzene rings is 1. The Morgan fingerprint density at radius 2 is 1.79 bits per heavy atom. The van der Waals surface area contributed by atoms with Crippen molar-refractivity contribution in [2.75, 3.05) is 25.1 Å². The first-order chi connectivity index (χ1) is 14.4. The predicted octanol–water partition coefficient (Wildman–Crippen LogP) is 2.23. The summed E-state index contributed by atoms with van der Waals surface area (Å²) in [6.07, 6.45) is 9.03. The number of quaternary nitrogens is 1. The van der Waals surface area contributed by atoms with Gasteiger partial charge in [-0.15, -0.1) is 0 Å². The first-order valence-corrected chi connectivity index (χ1v) is 11.1. The van der Waals surface area contributed by atoms with Crippen LogP contribution in [0.5, 0.6) is 0 Å². The summed E-state index contributed by atoms with van der Waals surface area (Å²) >= 11 is 0. The molecule has 3 heterocycles. The van der Waals surface area contributed by atoms with E-state index >= 15 is 0 Å². The van der Waals surface area contributed by atoms with Gasteiger partial charge in [-0.1, -0.05) is 49.6 Å². The molecule has 2 saturated heterocycles. The van der Waals surface area contributed by atoms with Crippen molar-refractivity contribution in [3.05, 3.63) is 42.6 Å². The van der Waals surface area contributed by atoms with Crippen LogP contribution in [0.3, 0.4) is 0 Å². The molecule has 5 rings (SSSR count). The number of hydrogen-bond acceptors (Lipinski definition) is 5. The van der Waals surface area contributed by atoms with Crippen LogP contribution >= 0.6 is 0 Å². The lowest BCUT2D eigenvalue weighted by molar-refractivity contribution is -0.698. The zero-order valence-corrected chi connectivity index (χ0v) is 16.9. The molecule has 6 heteroatoms. The summed E-state index contributed by atoms with van der Waals surface area (Å²) in [5.41, 5.74) is 2.01. The molecule has 2 aromatic rings. The number of aromatic nitrogens is 2.